The highest BCUT2D eigenvalue weighted by Gasteiger charge is 2.43. The molecule has 4 rings (SSSR count). The minimum atomic E-state index is -2.06. The summed E-state index contributed by atoms with van der Waals surface area (Å²) in [7, 11) is 0. The molecule has 0 aliphatic carbocycles. The standard InChI is InChI=1S/C23H25FN4O2/c24-23(22(30)27-14-17-5-3-11-25-13-17)10-4-12-28(16-23)21(29)9-8-18-15-26-20-7-2-1-6-19(18)20/h1-3,5-7,11,13,15,26H,4,8-10,12,14,16H2,(H,27,30). The van der Waals surface area contributed by atoms with Crippen LogP contribution in [-0.4, -0.2) is 45.4 Å². The predicted octanol–water partition coefficient (Wildman–Crippen LogP) is 3.14. The Morgan fingerprint density at radius 1 is 1.23 bits per heavy atom. The first-order valence-electron chi connectivity index (χ1n) is 10.2. The molecule has 0 saturated carbocycles. The normalized spacial score (nSPS) is 19.0. The van der Waals surface area contributed by atoms with Crippen molar-refractivity contribution in [3.8, 4) is 0 Å². The number of rotatable bonds is 6. The molecule has 0 bridgehead atoms. The number of pyridine rings is 1. The third-order valence-electron chi connectivity index (χ3n) is 5.66. The summed E-state index contributed by atoms with van der Waals surface area (Å²) in [5, 5.41) is 3.74. The minimum absolute atomic E-state index is 0.123. The summed E-state index contributed by atoms with van der Waals surface area (Å²) < 4.78 is 15.4. The molecular weight excluding hydrogens is 383 g/mol. The number of likely N-dealkylation sites (tertiary alicyclic amines) is 1. The fourth-order valence-corrected chi connectivity index (χ4v) is 3.99. The lowest BCUT2D eigenvalue weighted by Gasteiger charge is -2.36. The Hall–Kier alpha value is -3.22. The quantitative estimate of drug-likeness (QED) is 0.658. The highest BCUT2D eigenvalue weighted by Crippen LogP contribution is 2.27. The molecular formula is C23H25FN4O2. The zero-order valence-corrected chi connectivity index (χ0v) is 16.7. The lowest BCUT2D eigenvalue weighted by molar-refractivity contribution is -0.143. The van der Waals surface area contributed by atoms with Gasteiger partial charge in [0.15, 0.2) is 0 Å². The number of carbonyl (C=O) groups excluding carboxylic acids is 2. The van der Waals surface area contributed by atoms with Crippen LogP contribution in [0, 0.1) is 0 Å². The maximum atomic E-state index is 15.4. The van der Waals surface area contributed by atoms with Crippen LogP contribution < -0.4 is 5.32 Å². The number of benzene rings is 1. The number of H-pyrrole nitrogens is 1. The maximum absolute atomic E-state index is 15.4. The van der Waals surface area contributed by atoms with Gasteiger partial charge in [0.2, 0.25) is 11.6 Å². The van der Waals surface area contributed by atoms with Crippen LogP contribution in [-0.2, 0) is 22.6 Å². The summed E-state index contributed by atoms with van der Waals surface area (Å²) in [6, 6.07) is 11.5. The number of hydrogen-bond donors (Lipinski definition) is 2. The molecule has 1 atom stereocenters. The smallest absolute Gasteiger partial charge is 0.259 e. The largest absolute Gasteiger partial charge is 0.361 e. The van der Waals surface area contributed by atoms with Gasteiger partial charge in [0.25, 0.3) is 5.91 Å². The first-order chi connectivity index (χ1) is 14.5. The van der Waals surface area contributed by atoms with Crippen molar-refractivity contribution < 1.29 is 14.0 Å². The number of aromatic nitrogens is 2. The van der Waals surface area contributed by atoms with Gasteiger partial charge in [-0.3, -0.25) is 14.6 Å². The maximum Gasteiger partial charge on any atom is 0.259 e. The highest BCUT2D eigenvalue weighted by molar-refractivity contribution is 5.87. The molecule has 1 aliphatic heterocycles. The molecule has 0 radical (unpaired) electrons. The number of piperidine rings is 1. The molecule has 2 amide bonds. The van der Waals surface area contributed by atoms with Gasteiger partial charge in [-0.15, -0.1) is 0 Å². The van der Waals surface area contributed by atoms with E-state index in [9.17, 15) is 9.59 Å². The number of nitrogens with one attached hydrogen (secondary N) is 2. The Balaban J connectivity index is 1.34. The zero-order valence-electron chi connectivity index (χ0n) is 16.7. The highest BCUT2D eigenvalue weighted by atomic mass is 19.1. The molecule has 1 aliphatic rings. The van der Waals surface area contributed by atoms with E-state index in [2.05, 4.69) is 15.3 Å². The van der Waals surface area contributed by atoms with E-state index >= 15 is 4.39 Å². The number of para-hydroxylation sites is 1. The van der Waals surface area contributed by atoms with E-state index in [1.54, 1.807) is 18.5 Å². The summed E-state index contributed by atoms with van der Waals surface area (Å²) in [5.41, 5.74) is 0.844. The number of aromatic amines is 1. The SMILES string of the molecule is O=C(CCc1c[nH]c2ccccc12)N1CCCC(F)(C(=O)NCc2cccnc2)C1. The van der Waals surface area contributed by atoms with Crippen molar-refractivity contribution in [3.63, 3.8) is 0 Å². The van der Waals surface area contributed by atoms with Crippen molar-refractivity contribution in [2.45, 2.75) is 37.9 Å². The molecule has 30 heavy (non-hydrogen) atoms. The van der Waals surface area contributed by atoms with Gasteiger partial charge in [0, 0.05) is 49.0 Å². The van der Waals surface area contributed by atoms with Crippen molar-refractivity contribution in [1.82, 2.24) is 20.2 Å². The number of aryl methyl sites for hydroxylation is 1. The van der Waals surface area contributed by atoms with Crippen molar-refractivity contribution >= 4 is 22.7 Å². The summed E-state index contributed by atoms with van der Waals surface area (Å²) in [6.45, 7) is 0.500. The Morgan fingerprint density at radius 3 is 2.93 bits per heavy atom. The van der Waals surface area contributed by atoms with E-state index in [0.717, 1.165) is 22.0 Å². The Kier molecular flexibility index (Phi) is 5.79. The van der Waals surface area contributed by atoms with E-state index in [1.165, 1.54) is 4.90 Å². The molecule has 1 fully saturated rings. The van der Waals surface area contributed by atoms with E-state index in [0.29, 0.717) is 19.4 Å². The molecule has 3 aromatic rings. The van der Waals surface area contributed by atoms with Gasteiger partial charge in [-0.25, -0.2) is 4.39 Å². The lowest BCUT2D eigenvalue weighted by atomic mass is 9.93. The average molecular weight is 408 g/mol. The molecule has 2 aromatic heterocycles. The number of carbonyl (C=O) groups is 2. The van der Waals surface area contributed by atoms with Gasteiger partial charge in [0.1, 0.15) is 0 Å². The van der Waals surface area contributed by atoms with Crippen LogP contribution in [0.3, 0.4) is 0 Å². The predicted molar refractivity (Wildman–Crippen MR) is 112 cm³/mol. The molecule has 3 heterocycles. The van der Waals surface area contributed by atoms with Crippen LogP contribution >= 0.6 is 0 Å². The second-order valence-corrected chi connectivity index (χ2v) is 7.79. The van der Waals surface area contributed by atoms with E-state index in [1.807, 2.05) is 36.5 Å². The van der Waals surface area contributed by atoms with Gasteiger partial charge in [-0.2, -0.15) is 0 Å². The van der Waals surface area contributed by atoms with Gasteiger partial charge < -0.3 is 15.2 Å². The molecule has 156 valence electrons. The van der Waals surface area contributed by atoms with Crippen LogP contribution in [0.15, 0.2) is 55.0 Å². The molecule has 1 unspecified atom stereocenters. The lowest BCUT2D eigenvalue weighted by Crippen LogP contribution is -2.55. The number of halogens is 1. The first-order valence-corrected chi connectivity index (χ1v) is 10.2. The number of amides is 2. The van der Waals surface area contributed by atoms with Crippen molar-refractivity contribution in [3.05, 3.63) is 66.1 Å². The zero-order chi connectivity index (χ0) is 21.0. The van der Waals surface area contributed by atoms with E-state index in [-0.39, 0.29) is 31.8 Å². The topological polar surface area (TPSA) is 78.1 Å². The summed E-state index contributed by atoms with van der Waals surface area (Å²) >= 11 is 0. The first kappa shape index (κ1) is 20.1. The van der Waals surface area contributed by atoms with Gasteiger partial charge in [-0.05, 0) is 42.5 Å². The Labute approximate surface area is 174 Å². The summed E-state index contributed by atoms with van der Waals surface area (Å²) in [4.78, 5) is 33.9. The molecule has 2 N–H and O–H groups in total. The van der Waals surface area contributed by atoms with Crippen LogP contribution in [0.1, 0.15) is 30.4 Å². The number of hydrogen-bond acceptors (Lipinski definition) is 3. The Bertz CT molecular complexity index is 1040. The number of nitrogens with zero attached hydrogens (tertiary/aromatic N) is 2. The molecule has 6 nitrogen and oxygen atoms in total. The van der Waals surface area contributed by atoms with Crippen LogP contribution in [0.2, 0.25) is 0 Å². The second kappa shape index (κ2) is 8.65. The summed E-state index contributed by atoms with van der Waals surface area (Å²) in [5.74, 6) is -0.789. The third-order valence-corrected chi connectivity index (χ3v) is 5.66. The van der Waals surface area contributed by atoms with E-state index in [4.69, 9.17) is 0 Å². The van der Waals surface area contributed by atoms with Gasteiger partial charge in [-0.1, -0.05) is 24.3 Å². The molecule has 0 spiro atoms. The number of fused-ring (bicyclic) bond motifs is 1. The molecule has 1 saturated heterocycles. The second-order valence-electron chi connectivity index (χ2n) is 7.79. The van der Waals surface area contributed by atoms with Gasteiger partial charge >= 0.3 is 0 Å². The van der Waals surface area contributed by atoms with Crippen molar-refractivity contribution in [2.24, 2.45) is 0 Å². The third kappa shape index (κ3) is 4.35. The average Bonchev–Trinajstić information content (AvgIpc) is 3.19. The fraction of sp³-hybridized carbons (Fsp3) is 0.348. The molecule has 1 aromatic carbocycles. The van der Waals surface area contributed by atoms with Crippen LogP contribution in [0.4, 0.5) is 4.39 Å². The number of alkyl halides is 1. The van der Waals surface area contributed by atoms with Crippen molar-refractivity contribution in [1.29, 1.82) is 0 Å². The monoisotopic (exact) mass is 408 g/mol. The Morgan fingerprint density at radius 2 is 2.10 bits per heavy atom. The summed E-state index contributed by atoms with van der Waals surface area (Å²) in [6.07, 6.45) is 6.64. The molecule has 7 heteroatoms. The van der Waals surface area contributed by atoms with Crippen LogP contribution in [0.5, 0.6) is 0 Å². The van der Waals surface area contributed by atoms with Gasteiger partial charge in [0.05, 0.1) is 6.54 Å². The minimum Gasteiger partial charge on any atom is -0.361 e. The van der Waals surface area contributed by atoms with Crippen LogP contribution in [0.25, 0.3) is 10.9 Å². The van der Waals surface area contributed by atoms with E-state index < -0.39 is 11.6 Å². The fourth-order valence-electron chi connectivity index (χ4n) is 3.99. The van der Waals surface area contributed by atoms with Crippen molar-refractivity contribution in [2.75, 3.05) is 13.1 Å².